The molecule has 0 aliphatic carbocycles. The second-order valence-electron chi connectivity index (χ2n) is 4.94. The summed E-state index contributed by atoms with van der Waals surface area (Å²) in [5.41, 5.74) is 0. The summed E-state index contributed by atoms with van der Waals surface area (Å²) in [6.45, 7) is 0. The van der Waals surface area contributed by atoms with Crippen molar-refractivity contribution in [2.45, 2.75) is 32.1 Å². The normalized spacial score (nSPS) is 14.4. The Balaban J connectivity index is 0.00000784. The molecule has 0 fully saturated rings. The van der Waals surface area contributed by atoms with Crippen LogP contribution in [0.1, 0.15) is 0 Å². The molecule has 0 aromatic heterocycles. The molecule has 0 aliphatic rings. The van der Waals surface area contributed by atoms with E-state index in [4.69, 9.17) is 0 Å². The first kappa shape index (κ1) is 28.8. The minimum Gasteiger partial charge on any atom is -0.743 e. The van der Waals surface area contributed by atoms with Crippen molar-refractivity contribution in [2.24, 2.45) is 0 Å². The zero-order valence-electron chi connectivity index (χ0n) is 13.9. The van der Waals surface area contributed by atoms with Crippen LogP contribution in [0.3, 0.4) is 0 Å². The Labute approximate surface area is 184 Å². The van der Waals surface area contributed by atoms with E-state index in [0.717, 1.165) is 11.8 Å². The molecule has 0 aliphatic heterocycles. The molecule has 1 rings (SSSR count). The van der Waals surface area contributed by atoms with Gasteiger partial charge in [-0.2, -0.15) is 35.1 Å². The molecule has 0 heterocycles. The Morgan fingerprint density at radius 2 is 1.28 bits per heavy atom. The fraction of sp³-hybridized carbons (Fsp3) is 0.455. The molecule has 29 heavy (non-hydrogen) atoms. The van der Waals surface area contributed by atoms with Crippen molar-refractivity contribution in [1.82, 2.24) is 0 Å². The molecule has 0 unspecified atom stereocenters. The van der Waals surface area contributed by atoms with Crippen LogP contribution in [0, 0.1) is 5.82 Å². The molecule has 0 bridgehead atoms. The summed E-state index contributed by atoms with van der Waals surface area (Å²) in [6.07, 6.45) is 1.30. The average molecular weight is 508 g/mol. The maximum absolute atomic E-state index is 13.8. The Kier molecular flexibility index (Phi) is 8.33. The minimum atomic E-state index is -7.69. The molecule has 0 spiro atoms. The van der Waals surface area contributed by atoms with Gasteiger partial charge in [0.15, 0.2) is 10.1 Å². The van der Waals surface area contributed by atoms with Gasteiger partial charge >= 0.3 is 51.9 Å². The first-order chi connectivity index (χ1) is 12.2. The summed E-state index contributed by atoms with van der Waals surface area (Å²) in [7, 11) is -14.8. The van der Waals surface area contributed by atoms with E-state index in [1.54, 1.807) is 0 Å². The fourth-order valence-electron chi connectivity index (χ4n) is 1.66. The van der Waals surface area contributed by atoms with Crippen molar-refractivity contribution in [3.05, 3.63) is 24.0 Å². The molecule has 1 aromatic rings. The van der Waals surface area contributed by atoms with Gasteiger partial charge in [0, 0.05) is 4.90 Å². The van der Waals surface area contributed by atoms with E-state index in [-0.39, 0.29) is 46.6 Å². The average Bonchev–Trinajstić information content (AvgIpc) is 2.52. The van der Waals surface area contributed by atoms with Crippen LogP contribution in [-0.4, -0.2) is 50.0 Å². The number of hydrogen-bond acceptors (Lipinski definition) is 6. The SMILES string of the molecule is CSc1ccc(S(=O)(=O)C(F)(F)C(F)(F)C(F)(F)C(F)(F)S(=O)(=O)[O-])c(F)c1.[Na+]. The number of sulfone groups is 1. The van der Waals surface area contributed by atoms with Crippen LogP contribution in [0.15, 0.2) is 28.0 Å². The van der Waals surface area contributed by atoms with Crippen LogP contribution in [0.4, 0.5) is 39.5 Å². The van der Waals surface area contributed by atoms with Gasteiger partial charge in [0.2, 0.25) is 0 Å². The second-order valence-corrected chi connectivity index (χ2v) is 9.20. The van der Waals surface area contributed by atoms with Crippen molar-refractivity contribution in [1.29, 1.82) is 0 Å². The fourth-order valence-corrected chi connectivity index (χ4v) is 3.83. The molecular formula is C11H6F9NaO5S3. The number of benzene rings is 1. The number of halogens is 9. The Hall–Kier alpha value is -0.200. The molecule has 1 aromatic carbocycles. The summed E-state index contributed by atoms with van der Waals surface area (Å²) < 4.78 is 175. The van der Waals surface area contributed by atoms with Crippen LogP contribution < -0.4 is 29.6 Å². The largest absolute Gasteiger partial charge is 1.00 e. The first-order valence-corrected chi connectivity index (χ1v) is 10.4. The van der Waals surface area contributed by atoms with Gasteiger partial charge in [-0.15, -0.1) is 11.8 Å². The molecule has 162 valence electrons. The van der Waals surface area contributed by atoms with E-state index in [1.807, 2.05) is 0 Å². The third-order valence-corrected chi connectivity index (χ3v) is 6.66. The minimum absolute atomic E-state index is 0. The summed E-state index contributed by atoms with van der Waals surface area (Å²) >= 11 is 0.735. The van der Waals surface area contributed by atoms with Gasteiger partial charge in [-0.25, -0.2) is 21.2 Å². The standard InChI is InChI=1S/C11H7F9O5S3.Na/c1-26-5-2-3-7(6(12)4-5)27(21,22)10(17,18)8(13,14)9(15,16)11(19,20)28(23,24)25;/h2-4H,1H3,(H,23,24,25);/q;+1/p-1. The van der Waals surface area contributed by atoms with E-state index >= 15 is 0 Å². The number of alkyl halides is 8. The van der Waals surface area contributed by atoms with Crippen LogP contribution >= 0.6 is 11.8 Å². The molecular weight excluding hydrogens is 502 g/mol. The quantitative estimate of drug-likeness (QED) is 0.228. The van der Waals surface area contributed by atoms with Crippen LogP contribution in [-0.2, 0) is 20.0 Å². The zero-order chi connectivity index (χ0) is 22.6. The Bertz CT molecular complexity index is 980. The molecule has 0 radical (unpaired) electrons. The van der Waals surface area contributed by atoms with E-state index < -0.39 is 53.0 Å². The van der Waals surface area contributed by atoms with Gasteiger partial charge in [0.1, 0.15) is 10.7 Å². The molecule has 0 amide bonds. The summed E-state index contributed by atoms with van der Waals surface area (Å²) in [5, 5.41) is -14.5. The van der Waals surface area contributed by atoms with E-state index in [1.165, 1.54) is 6.26 Å². The second kappa shape index (κ2) is 8.38. The van der Waals surface area contributed by atoms with Gasteiger partial charge in [-0.05, 0) is 24.5 Å². The van der Waals surface area contributed by atoms with Crippen molar-refractivity contribution < 1.29 is 90.5 Å². The monoisotopic (exact) mass is 508 g/mol. The van der Waals surface area contributed by atoms with Crippen LogP contribution in [0.2, 0.25) is 0 Å². The van der Waals surface area contributed by atoms with E-state index in [9.17, 15) is 60.9 Å². The van der Waals surface area contributed by atoms with Gasteiger partial charge in [0.05, 0.1) is 0 Å². The molecule has 0 N–H and O–H groups in total. The van der Waals surface area contributed by atoms with Gasteiger partial charge in [0.25, 0.3) is 9.84 Å². The topological polar surface area (TPSA) is 91.3 Å². The number of thioether (sulfide) groups is 1. The predicted molar refractivity (Wildman–Crippen MR) is 74.9 cm³/mol. The summed E-state index contributed by atoms with van der Waals surface area (Å²) in [6, 6.07) is 0.853. The van der Waals surface area contributed by atoms with Crippen molar-refractivity contribution in [3.8, 4) is 0 Å². The van der Waals surface area contributed by atoms with Crippen molar-refractivity contribution in [3.63, 3.8) is 0 Å². The third-order valence-electron chi connectivity index (χ3n) is 3.21. The molecule has 0 saturated heterocycles. The molecule has 0 atom stereocenters. The van der Waals surface area contributed by atoms with Gasteiger partial charge < -0.3 is 4.55 Å². The molecule has 18 heteroatoms. The molecule has 0 saturated carbocycles. The number of hydrogen-bond donors (Lipinski definition) is 0. The van der Waals surface area contributed by atoms with Gasteiger partial charge in [-0.3, -0.25) is 0 Å². The van der Waals surface area contributed by atoms with E-state index in [2.05, 4.69) is 0 Å². The van der Waals surface area contributed by atoms with Crippen LogP contribution in [0.25, 0.3) is 0 Å². The maximum atomic E-state index is 13.8. The third kappa shape index (κ3) is 4.27. The van der Waals surface area contributed by atoms with Crippen molar-refractivity contribution in [2.75, 3.05) is 6.26 Å². The first-order valence-electron chi connectivity index (χ1n) is 6.25. The smallest absolute Gasteiger partial charge is 0.743 e. The number of rotatable bonds is 7. The summed E-state index contributed by atoms with van der Waals surface area (Å²) in [5.74, 6) is -17.4. The maximum Gasteiger partial charge on any atom is 1.00 e. The predicted octanol–water partition coefficient (Wildman–Crippen LogP) is 0.327. The van der Waals surface area contributed by atoms with Gasteiger partial charge in [-0.1, -0.05) is 0 Å². The Morgan fingerprint density at radius 1 is 0.862 bits per heavy atom. The van der Waals surface area contributed by atoms with E-state index in [0.29, 0.717) is 6.07 Å². The van der Waals surface area contributed by atoms with Crippen LogP contribution in [0.5, 0.6) is 0 Å². The zero-order valence-corrected chi connectivity index (χ0v) is 18.3. The Morgan fingerprint density at radius 3 is 1.62 bits per heavy atom. The summed E-state index contributed by atoms with van der Waals surface area (Å²) in [4.78, 5) is -2.36. The molecule has 5 nitrogen and oxygen atoms in total. The van der Waals surface area contributed by atoms with Crippen molar-refractivity contribution >= 4 is 31.7 Å².